The lowest BCUT2D eigenvalue weighted by Gasteiger charge is -2.18. The van der Waals surface area contributed by atoms with Crippen molar-refractivity contribution in [2.45, 2.75) is 310 Å². The Kier molecular flexibility index (Phi) is 47.2. The van der Waals surface area contributed by atoms with Gasteiger partial charge in [-0.15, -0.1) is 0 Å². The molecule has 356 valence electrons. The molecular weight excluding hydrogens is 745 g/mol. The van der Waals surface area contributed by atoms with Crippen molar-refractivity contribution >= 4 is 17.9 Å². The first-order valence-electron chi connectivity index (χ1n) is 26.9. The monoisotopic (exact) mass is 849 g/mol. The number of hydrogen-bond acceptors (Lipinski definition) is 6. The summed E-state index contributed by atoms with van der Waals surface area (Å²) in [5.41, 5.74) is 0. The van der Waals surface area contributed by atoms with E-state index in [0.29, 0.717) is 19.3 Å². The standard InChI is InChI=1S/C54H104O6/c1-5-7-9-11-13-15-17-19-21-23-25-29-33-37-41-45-52(55)58-48-51(49-59-53(56)46-42-38-34-31-27-28-32-36-40-44-50(3)4)60-54(57)47-43-39-35-30-26-24-22-20-18-16-14-12-10-8-6-2/h50-51H,5-49H2,1-4H3/t51-/m0/s1. The van der Waals surface area contributed by atoms with E-state index in [9.17, 15) is 14.4 Å². The third-order valence-corrected chi connectivity index (χ3v) is 12.3. The summed E-state index contributed by atoms with van der Waals surface area (Å²) in [4.78, 5) is 38.0. The lowest BCUT2D eigenvalue weighted by Crippen LogP contribution is -2.30. The Hall–Kier alpha value is -1.59. The van der Waals surface area contributed by atoms with Crippen LogP contribution in [0.3, 0.4) is 0 Å². The van der Waals surface area contributed by atoms with Crippen molar-refractivity contribution in [2.75, 3.05) is 13.2 Å². The average Bonchev–Trinajstić information content (AvgIpc) is 3.23. The first-order valence-corrected chi connectivity index (χ1v) is 26.9. The lowest BCUT2D eigenvalue weighted by molar-refractivity contribution is -0.167. The van der Waals surface area contributed by atoms with Crippen LogP contribution in [-0.4, -0.2) is 37.2 Å². The van der Waals surface area contributed by atoms with Crippen molar-refractivity contribution in [1.29, 1.82) is 0 Å². The SMILES string of the molecule is CCCCCCCCCCCCCCCCCC(=O)OC[C@@H](COC(=O)CCCCCCCCCCCC(C)C)OC(=O)CCCCCCCCCCCCCCCCC. The largest absolute Gasteiger partial charge is 0.462 e. The summed E-state index contributed by atoms with van der Waals surface area (Å²) in [6, 6.07) is 0. The van der Waals surface area contributed by atoms with Crippen LogP contribution >= 0.6 is 0 Å². The molecule has 0 N–H and O–H groups in total. The molecule has 6 nitrogen and oxygen atoms in total. The second-order valence-corrected chi connectivity index (χ2v) is 19.0. The second-order valence-electron chi connectivity index (χ2n) is 19.0. The lowest BCUT2D eigenvalue weighted by atomic mass is 10.0. The molecule has 0 fully saturated rings. The van der Waals surface area contributed by atoms with Gasteiger partial charge in [-0.25, -0.2) is 0 Å². The highest BCUT2D eigenvalue weighted by Gasteiger charge is 2.19. The second kappa shape index (κ2) is 48.4. The maximum Gasteiger partial charge on any atom is 0.306 e. The zero-order valence-corrected chi connectivity index (χ0v) is 40.9. The first kappa shape index (κ1) is 58.4. The summed E-state index contributed by atoms with van der Waals surface area (Å²) in [6.45, 7) is 9.02. The molecule has 0 rings (SSSR count). The molecule has 0 aromatic heterocycles. The van der Waals surface area contributed by atoms with E-state index in [0.717, 1.165) is 63.7 Å². The van der Waals surface area contributed by atoms with Crippen molar-refractivity contribution < 1.29 is 28.6 Å². The molecule has 0 aliphatic carbocycles. The van der Waals surface area contributed by atoms with E-state index >= 15 is 0 Å². The maximum absolute atomic E-state index is 12.8. The summed E-state index contributed by atoms with van der Waals surface area (Å²) in [6.07, 6.45) is 50.9. The van der Waals surface area contributed by atoms with Gasteiger partial charge < -0.3 is 14.2 Å². The highest BCUT2D eigenvalue weighted by atomic mass is 16.6. The van der Waals surface area contributed by atoms with Gasteiger partial charge in [0.15, 0.2) is 6.10 Å². The van der Waals surface area contributed by atoms with Gasteiger partial charge >= 0.3 is 17.9 Å². The molecule has 6 heteroatoms. The molecule has 0 saturated carbocycles. The molecule has 0 spiro atoms. The van der Waals surface area contributed by atoms with Crippen LogP contribution in [-0.2, 0) is 28.6 Å². The van der Waals surface area contributed by atoms with Gasteiger partial charge in [0.1, 0.15) is 13.2 Å². The summed E-state index contributed by atoms with van der Waals surface area (Å²) < 4.78 is 16.8. The zero-order valence-electron chi connectivity index (χ0n) is 40.9. The van der Waals surface area contributed by atoms with E-state index < -0.39 is 6.10 Å². The van der Waals surface area contributed by atoms with E-state index in [4.69, 9.17) is 14.2 Å². The van der Waals surface area contributed by atoms with E-state index in [1.54, 1.807) is 0 Å². The summed E-state index contributed by atoms with van der Waals surface area (Å²) in [7, 11) is 0. The van der Waals surface area contributed by atoms with Gasteiger partial charge in [0.25, 0.3) is 0 Å². The normalized spacial score (nSPS) is 11.9. The summed E-state index contributed by atoms with van der Waals surface area (Å²) in [5, 5.41) is 0. The maximum atomic E-state index is 12.8. The highest BCUT2D eigenvalue weighted by molar-refractivity contribution is 5.71. The molecule has 0 unspecified atom stereocenters. The van der Waals surface area contributed by atoms with Gasteiger partial charge in [0.05, 0.1) is 0 Å². The fourth-order valence-electron chi connectivity index (χ4n) is 8.22. The van der Waals surface area contributed by atoms with Gasteiger partial charge in [-0.3, -0.25) is 14.4 Å². The fraction of sp³-hybridized carbons (Fsp3) is 0.944. The van der Waals surface area contributed by atoms with Crippen LogP contribution in [0.15, 0.2) is 0 Å². The molecule has 0 radical (unpaired) electrons. The minimum absolute atomic E-state index is 0.0626. The summed E-state index contributed by atoms with van der Waals surface area (Å²) in [5.74, 6) is -0.0333. The van der Waals surface area contributed by atoms with E-state index in [2.05, 4.69) is 27.7 Å². The van der Waals surface area contributed by atoms with Crippen molar-refractivity contribution in [1.82, 2.24) is 0 Å². The number of hydrogen-bond donors (Lipinski definition) is 0. The fourth-order valence-corrected chi connectivity index (χ4v) is 8.22. The van der Waals surface area contributed by atoms with Gasteiger partial charge in [-0.05, 0) is 25.2 Å². The predicted molar refractivity (Wildman–Crippen MR) is 257 cm³/mol. The quantitative estimate of drug-likeness (QED) is 0.0345. The molecule has 1 atom stereocenters. The number of rotatable bonds is 49. The number of esters is 3. The van der Waals surface area contributed by atoms with E-state index in [1.165, 1.54) is 199 Å². The molecular formula is C54H104O6. The first-order chi connectivity index (χ1) is 29.4. The molecule has 0 saturated heterocycles. The molecule has 0 aromatic rings. The Morgan fingerprint density at radius 3 is 0.817 bits per heavy atom. The molecule has 60 heavy (non-hydrogen) atoms. The van der Waals surface area contributed by atoms with Crippen LogP contribution in [0.5, 0.6) is 0 Å². The van der Waals surface area contributed by atoms with Gasteiger partial charge in [0, 0.05) is 19.3 Å². The van der Waals surface area contributed by atoms with Crippen molar-refractivity contribution in [2.24, 2.45) is 5.92 Å². The molecule has 0 aromatic carbocycles. The van der Waals surface area contributed by atoms with Crippen molar-refractivity contribution in [3.8, 4) is 0 Å². The zero-order chi connectivity index (χ0) is 43.8. The number of carbonyl (C=O) groups excluding carboxylic acids is 3. The van der Waals surface area contributed by atoms with Gasteiger partial charge in [-0.2, -0.15) is 0 Å². The Labute approximate surface area is 374 Å². The van der Waals surface area contributed by atoms with Crippen LogP contribution in [0.2, 0.25) is 0 Å². The minimum atomic E-state index is -0.761. The molecule has 0 aliphatic rings. The van der Waals surface area contributed by atoms with Crippen molar-refractivity contribution in [3.63, 3.8) is 0 Å². The summed E-state index contributed by atoms with van der Waals surface area (Å²) >= 11 is 0. The van der Waals surface area contributed by atoms with E-state index in [1.807, 2.05) is 0 Å². The molecule has 0 aliphatic heterocycles. The average molecular weight is 849 g/mol. The van der Waals surface area contributed by atoms with Crippen LogP contribution in [0, 0.1) is 5.92 Å². The van der Waals surface area contributed by atoms with Crippen LogP contribution < -0.4 is 0 Å². The minimum Gasteiger partial charge on any atom is -0.462 e. The molecule has 0 bridgehead atoms. The topological polar surface area (TPSA) is 78.9 Å². The van der Waals surface area contributed by atoms with Crippen LogP contribution in [0.25, 0.3) is 0 Å². The molecule has 0 amide bonds. The Balaban J connectivity index is 4.30. The third kappa shape index (κ3) is 47.5. The number of carbonyl (C=O) groups is 3. The van der Waals surface area contributed by atoms with Gasteiger partial charge in [0.2, 0.25) is 0 Å². The number of unbranched alkanes of at least 4 members (excludes halogenated alkanes) is 36. The number of ether oxygens (including phenoxy) is 3. The Morgan fingerprint density at radius 1 is 0.317 bits per heavy atom. The van der Waals surface area contributed by atoms with Gasteiger partial charge in [-0.1, -0.05) is 265 Å². The molecule has 0 heterocycles. The van der Waals surface area contributed by atoms with Crippen LogP contribution in [0.4, 0.5) is 0 Å². The van der Waals surface area contributed by atoms with Crippen LogP contribution in [0.1, 0.15) is 304 Å². The van der Waals surface area contributed by atoms with E-state index in [-0.39, 0.29) is 31.1 Å². The smallest absolute Gasteiger partial charge is 0.306 e. The Bertz CT molecular complexity index is 903. The highest BCUT2D eigenvalue weighted by Crippen LogP contribution is 2.17. The Morgan fingerprint density at radius 2 is 0.550 bits per heavy atom. The predicted octanol–water partition coefficient (Wildman–Crippen LogP) is 17.5. The third-order valence-electron chi connectivity index (χ3n) is 12.3. The van der Waals surface area contributed by atoms with Crippen molar-refractivity contribution in [3.05, 3.63) is 0 Å².